The average Bonchev–Trinajstić information content (AvgIpc) is 2.14. The van der Waals surface area contributed by atoms with Crippen LogP contribution in [0, 0.1) is 5.92 Å². The number of allylic oxidation sites excluding steroid dienone is 2. The average molecular weight is 237 g/mol. The number of hydrogen-bond donors (Lipinski definition) is 0. The molecule has 5 heteroatoms. The van der Waals surface area contributed by atoms with Crippen LogP contribution in [0.15, 0.2) is 16.8 Å². The minimum absolute atomic E-state index is 0.0608. The van der Waals surface area contributed by atoms with Crippen molar-refractivity contribution in [3.05, 3.63) is 11.8 Å². The lowest BCUT2D eigenvalue weighted by molar-refractivity contribution is -0.306. The molecule has 0 heterocycles. The highest BCUT2D eigenvalue weighted by Gasteiger charge is 2.31. The molecular weight excluding hydrogens is 219 g/mol. The van der Waals surface area contributed by atoms with Crippen LogP contribution in [-0.2, 0) is 4.74 Å². The van der Waals surface area contributed by atoms with E-state index in [9.17, 15) is 13.2 Å². The van der Waals surface area contributed by atoms with Crippen molar-refractivity contribution in [3.63, 3.8) is 0 Å². The van der Waals surface area contributed by atoms with Gasteiger partial charge in [0.2, 0.25) is 0 Å². The zero-order valence-corrected chi connectivity index (χ0v) is 10.1. The van der Waals surface area contributed by atoms with Crippen LogP contribution < -0.4 is 0 Å². The molecule has 0 fully saturated rings. The quantitative estimate of drug-likeness (QED) is 0.524. The Morgan fingerprint density at radius 2 is 1.88 bits per heavy atom. The van der Waals surface area contributed by atoms with E-state index in [2.05, 4.69) is 9.73 Å². The molecule has 0 aromatic carbocycles. The Labute approximate surface area is 94.2 Å². The van der Waals surface area contributed by atoms with Crippen LogP contribution in [0.2, 0.25) is 0 Å². The predicted octanol–water partition coefficient (Wildman–Crippen LogP) is 3.93. The zero-order chi connectivity index (χ0) is 12.8. The Hall–Kier alpha value is -1.00. The van der Waals surface area contributed by atoms with E-state index in [-0.39, 0.29) is 18.1 Å². The van der Waals surface area contributed by atoms with E-state index in [1.165, 1.54) is 13.0 Å². The SMILES string of the molecule is C/C=C(\CCC(=NC)C(C)C)OC(F)(F)F. The van der Waals surface area contributed by atoms with Gasteiger partial charge in [-0.1, -0.05) is 13.8 Å². The Kier molecular flexibility index (Phi) is 6.14. The van der Waals surface area contributed by atoms with Gasteiger partial charge >= 0.3 is 6.36 Å². The summed E-state index contributed by atoms with van der Waals surface area (Å²) in [5.41, 5.74) is 0.894. The Morgan fingerprint density at radius 1 is 1.31 bits per heavy atom. The maximum absolute atomic E-state index is 12.0. The van der Waals surface area contributed by atoms with E-state index in [4.69, 9.17) is 0 Å². The van der Waals surface area contributed by atoms with E-state index >= 15 is 0 Å². The Morgan fingerprint density at radius 3 is 2.19 bits per heavy atom. The second-order valence-electron chi connectivity index (χ2n) is 3.67. The summed E-state index contributed by atoms with van der Waals surface area (Å²) < 4.78 is 39.8. The highest BCUT2D eigenvalue weighted by molar-refractivity contribution is 5.86. The van der Waals surface area contributed by atoms with Crippen molar-refractivity contribution in [1.29, 1.82) is 0 Å². The third-order valence-electron chi connectivity index (χ3n) is 2.15. The number of ether oxygens (including phenoxy) is 1. The molecular formula is C11H18F3NO. The number of halogens is 3. The molecule has 0 aliphatic heterocycles. The first-order valence-electron chi connectivity index (χ1n) is 5.16. The molecule has 16 heavy (non-hydrogen) atoms. The fourth-order valence-electron chi connectivity index (χ4n) is 1.31. The molecule has 94 valence electrons. The van der Waals surface area contributed by atoms with Crippen molar-refractivity contribution in [2.24, 2.45) is 10.9 Å². The lowest BCUT2D eigenvalue weighted by atomic mass is 10.0. The van der Waals surface area contributed by atoms with E-state index in [1.54, 1.807) is 7.05 Å². The van der Waals surface area contributed by atoms with Gasteiger partial charge in [0.25, 0.3) is 0 Å². The van der Waals surface area contributed by atoms with Gasteiger partial charge in [0.05, 0.1) is 0 Å². The Bertz CT molecular complexity index is 267. The second kappa shape index (κ2) is 6.55. The maximum atomic E-state index is 12.0. The summed E-state index contributed by atoms with van der Waals surface area (Å²) in [5.74, 6) is 0.184. The van der Waals surface area contributed by atoms with Gasteiger partial charge in [0, 0.05) is 19.2 Å². The molecule has 0 saturated heterocycles. The summed E-state index contributed by atoms with van der Waals surface area (Å²) in [6.45, 7) is 5.45. The van der Waals surface area contributed by atoms with Crippen LogP contribution >= 0.6 is 0 Å². The lowest BCUT2D eigenvalue weighted by Gasteiger charge is -2.14. The molecule has 0 radical (unpaired) electrons. The third-order valence-corrected chi connectivity index (χ3v) is 2.15. The van der Waals surface area contributed by atoms with E-state index < -0.39 is 6.36 Å². The van der Waals surface area contributed by atoms with Gasteiger partial charge in [0.15, 0.2) is 0 Å². The molecule has 0 atom stereocenters. The number of hydrogen-bond acceptors (Lipinski definition) is 2. The zero-order valence-electron chi connectivity index (χ0n) is 10.1. The molecule has 0 aromatic heterocycles. The molecule has 0 aliphatic rings. The highest BCUT2D eigenvalue weighted by Crippen LogP contribution is 2.23. The summed E-state index contributed by atoms with van der Waals surface area (Å²) in [6, 6.07) is 0. The van der Waals surface area contributed by atoms with Crippen molar-refractivity contribution >= 4 is 5.71 Å². The molecule has 0 aromatic rings. The molecule has 0 rings (SSSR count). The maximum Gasteiger partial charge on any atom is 0.572 e. The molecule has 0 spiro atoms. The molecule has 0 saturated carbocycles. The second-order valence-corrected chi connectivity index (χ2v) is 3.67. The van der Waals surface area contributed by atoms with Gasteiger partial charge in [0.1, 0.15) is 5.76 Å². The predicted molar refractivity (Wildman–Crippen MR) is 58.3 cm³/mol. The molecule has 0 N–H and O–H groups in total. The van der Waals surface area contributed by atoms with Crippen LogP contribution in [0.1, 0.15) is 33.6 Å². The molecule has 0 unspecified atom stereocenters. The first-order chi connectivity index (χ1) is 7.30. The molecule has 0 amide bonds. The third kappa shape index (κ3) is 6.48. The number of alkyl halides is 3. The number of rotatable bonds is 5. The van der Waals surface area contributed by atoms with Gasteiger partial charge in [-0.15, -0.1) is 13.2 Å². The Balaban J connectivity index is 4.27. The van der Waals surface area contributed by atoms with Crippen LogP contribution in [0.4, 0.5) is 13.2 Å². The van der Waals surface area contributed by atoms with Crippen LogP contribution in [0.5, 0.6) is 0 Å². The summed E-state index contributed by atoms with van der Waals surface area (Å²) >= 11 is 0. The smallest absolute Gasteiger partial charge is 0.411 e. The molecule has 0 bridgehead atoms. The largest absolute Gasteiger partial charge is 0.572 e. The van der Waals surface area contributed by atoms with Crippen molar-refractivity contribution in [3.8, 4) is 0 Å². The summed E-state index contributed by atoms with van der Waals surface area (Å²) in [6.07, 6.45) is -2.56. The minimum Gasteiger partial charge on any atom is -0.411 e. The lowest BCUT2D eigenvalue weighted by Crippen LogP contribution is -2.14. The van der Waals surface area contributed by atoms with Gasteiger partial charge in [-0.2, -0.15) is 0 Å². The van der Waals surface area contributed by atoms with Gasteiger partial charge in [-0.05, 0) is 25.3 Å². The first kappa shape index (κ1) is 15.0. The van der Waals surface area contributed by atoms with Crippen molar-refractivity contribution in [2.75, 3.05) is 7.05 Å². The van der Waals surface area contributed by atoms with Gasteiger partial charge < -0.3 is 4.74 Å². The minimum atomic E-state index is -4.61. The van der Waals surface area contributed by atoms with Crippen molar-refractivity contribution < 1.29 is 17.9 Å². The van der Waals surface area contributed by atoms with Crippen LogP contribution in [0.3, 0.4) is 0 Å². The topological polar surface area (TPSA) is 21.6 Å². The number of nitrogens with zero attached hydrogens (tertiary/aromatic N) is 1. The van der Waals surface area contributed by atoms with E-state index in [1.807, 2.05) is 13.8 Å². The monoisotopic (exact) mass is 237 g/mol. The summed E-state index contributed by atoms with van der Waals surface area (Å²) in [4.78, 5) is 4.04. The summed E-state index contributed by atoms with van der Waals surface area (Å²) in [7, 11) is 1.65. The van der Waals surface area contributed by atoms with Crippen molar-refractivity contribution in [1.82, 2.24) is 0 Å². The molecule has 2 nitrogen and oxygen atoms in total. The standard InChI is InChI=1S/C11H18F3NO/c1-5-9(16-11(12,13)14)6-7-10(15-4)8(2)3/h5,8H,6-7H2,1-4H3/b9-5+,15-10?. The van der Waals surface area contributed by atoms with Crippen LogP contribution in [-0.4, -0.2) is 19.1 Å². The number of aliphatic imine (C=N–C) groups is 1. The van der Waals surface area contributed by atoms with Gasteiger partial charge in [-0.3, -0.25) is 4.99 Å². The fourth-order valence-corrected chi connectivity index (χ4v) is 1.31. The molecule has 0 aliphatic carbocycles. The highest BCUT2D eigenvalue weighted by atomic mass is 19.4. The van der Waals surface area contributed by atoms with Crippen molar-refractivity contribution in [2.45, 2.75) is 40.0 Å². The summed E-state index contributed by atoms with van der Waals surface area (Å²) in [5, 5.41) is 0. The fraction of sp³-hybridized carbons (Fsp3) is 0.727. The van der Waals surface area contributed by atoms with E-state index in [0.29, 0.717) is 6.42 Å². The van der Waals surface area contributed by atoms with Gasteiger partial charge in [-0.25, -0.2) is 0 Å². The normalized spacial score (nSPS) is 14.5. The van der Waals surface area contributed by atoms with E-state index in [0.717, 1.165) is 5.71 Å². The van der Waals surface area contributed by atoms with Crippen LogP contribution in [0.25, 0.3) is 0 Å². The first-order valence-corrected chi connectivity index (χ1v) is 5.16.